The number of ether oxygens (including phenoxy) is 1. The summed E-state index contributed by atoms with van der Waals surface area (Å²) in [6.07, 6.45) is 9.17. The predicted octanol–water partition coefficient (Wildman–Crippen LogP) is 9.40. The van der Waals surface area contributed by atoms with E-state index in [2.05, 4.69) is 66.2 Å². The lowest BCUT2D eigenvalue weighted by atomic mass is 9.72. The Balaban J connectivity index is 0.679. The molecule has 20 nitrogen and oxygen atoms in total. The van der Waals surface area contributed by atoms with Crippen molar-refractivity contribution in [2.75, 3.05) is 75.7 Å². The molecule has 26 heteroatoms. The van der Waals surface area contributed by atoms with Crippen molar-refractivity contribution in [2.45, 2.75) is 106 Å². The van der Waals surface area contributed by atoms with Gasteiger partial charge in [0.1, 0.15) is 28.1 Å². The summed E-state index contributed by atoms with van der Waals surface area (Å²) < 4.78 is 106. The van der Waals surface area contributed by atoms with Crippen LogP contribution in [-0.4, -0.2) is 159 Å². The van der Waals surface area contributed by atoms with E-state index in [-0.39, 0.29) is 65.0 Å². The van der Waals surface area contributed by atoms with Gasteiger partial charge < -0.3 is 19.9 Å². The number of fused-ring (bicyclic) bond motifs is 2. The third-order valence-electron chi connectivity index (χ3n) is 18.7. The Labute approximate surface area is 530 Å². The number of benzene rings is 4. The van der Waals surface area contributed by atoms with Gasteiger partial charge in [-0.25, -0.2) is 26.5 Å². The first kappa shape index (κ1) is 63.5. The van der Waals surface area contributed by atoms with E-state index in [1.54, 1.807) is 48.7 Å². The summed E-state index contributed by atoms with van der Waals surface area (Å²) in [5.74, 6) is -3.28. The molecule has 91 heavy (non-hydrogen) atoms. The lowest BCUT2D eigenvalue weighted by Crippen LogP contribution is -2.54. The van der Waals surface area contributed by atoms with Crippen LogP contribution in [0, 0.1) is 11.3 Å². The molecular weight excluding hydrogens is 1240 g/mol. The number of piperazine rings is 2. The monoisotopic (exact) mass is 1310 g/mol. The zero-order chi connectivity index (χ0) is 64.1. The number of H-pyrrole nitrogens is 1. The number of hydrogen-bond donors (Lipinski definition) is 4. The first-order valence-corrected chi connectivity index (χ1v) is 34.0. The number of pyridine rings is 1. The van der Waals surface area contributed by atoms with Crippen LogP contribution in [0.25, 0.3) is 16.6 Å². The first-order chi connectivity index (χ1) is 43.4. The van der Waals surface area contributed by atoms with Gasteiger partial charge in [-0.1, -0.05) is 49.2 Å². The minimum Gasteiger partial charge on any atom is -0.455 e. The Morgan fingerprint density at radius 3 is 2.22 bits per heavy atom. The van der Waals surface area contributed by atoms with E-state index >= 15 is 0 Å². The molecule has 6 aliphatic rings. The topological polar surface area (TPSA) is 244 Å². The van der Waals surface area contributed by atoms with Crippen molar-refractivity contribution in [1.82, 2.24) is 39.6 Å². The summed E-state index contributed by atoms with van der Waals surface area (Å²) in [5, 5.41) is 6.48. The van der Waals surface area contributed by atoms with E-state index in [9.17, 15) is 54.0 Å². The highest BCUT2D eigenvalue weighted by Gasteiger charge is 2.49. The number of nitrogens with zero attached hydrogens (tertiary/aromatic N) is 6. The Bertz CT molecular complexity index is 4120. The van der Waals surface area contributed by atoms with E-state index in [4.69, 9.17) is 16.3 Å². The van der Waals surface area contributed by atoms with E-state index in [1.807, 2.05) is 16.9 Å². The summed E-state index contributed by atoms with van der Waals surface area (Å²) in [4.78, 5) is 80.5. The number of sulfonamides is 1. The largest absolute Gasteiger partial charge is 0.501 e. The molecule has 480 valence electrons. The number of imide groups is 2. The summed E-state index contributed by atoms with van der Waals surface area (Å²) in [6, 6.07) is 22.8. The third kappa shape index (κ3) is 13.6. The predicted molar refractivity (Wildman–Crippen MR) is 336 cm³/mol. The van der Waals surface area contributed by atoms with Gasteiger partial charge in [-0.05, 0) is 146 Å². The normalized spacial score (nSPS) is 21.5. The summed E-state index contributed by atoms with van der Waals surface area (Å²) in [5.41, 5.74) is 0.170. The van der Waals surface area contributed by atoms with Crippen molar-refractivity contribution in [1.29, 1.82) is 0 Å². The number of rotatable bonds is 17. The van der Waals surface area contributed by atoms with Gasteiger partial charge >= 0.3 is 5.51 Å². The summed E-state index contributed by atoms with van der Waals surface area (Å²) in [6.45, 7) is 11.7. The van der Waals surface area contributed by atoms with Crippen LogP contribution in [0.5, 0.6) is 11.5 Å². The molecular formula is C65H70ClF3N10O10S2. The number of carbonyl (C=O) groups is 5. The second-order valence-electron chi connectivity index (χ2n) is 25.3. The van der Waals surface area contributed by atoms with Crippen molar-refractivity contribution < 1.29 is 58.7 Å². The molecule has 1 unspecified atom stereocenters. The van der Waals surface area contributed by atoms with Crippen molar-refractivity contribution in [3.63, 3.8) is 0 Å². The van der Waals surface area contributed by atoms with E-state index in [0.29, 0.717) is 60.3 Å². The number of nitrogens with one attached hydrogen (secondary N) is 4. The van der Waals surface area contributed by atoms with Gasteiger partial charge in [0, 0.05) is 113 Å². The van der Waals surface area contributed by atoms with Crippen LogP contribution in [0.1, 0.15) is 114 Å². The second-order valence-corrected chi connectivity index (χ2v) is 29.3. The number of allylic oxidation sites excluding steroid dienone is 1. The number of hydrogen-bond acceptors (Lipinski definition) is 16. The molecule has 4 N–H and O–H groups in total. The highest BCUT2D eigenvalue weighted by molar-refractivity contribution is 7.92. The highest BCUT2D eigenvalue weighted by Crippen LogP contribution is 2.44. The molecule has 2 aromatic heterocycles. The van der Waals surface area contributed by atoms with Crippen LogP contribution in [0.15, 0.2) is 119 Å². The maximum atomic E-state index is 14.4. The molecule has 4 fully saturated rings. The average molecular weight is 1310 g/mol. The molecule has 2 aliphatic carbocycles. The quantitative estimate of drug-likeness (QED) is 0.0621. The molecule has 0 spiro atoms. The lowest BCUT2D eigenvalue weighted by Gasteiger charge is -2.42. The molecule has 0 bridgehead atoms. The van der Waals surface area contributed by atoms with Gasteiger partial charge in [0.05, 0.1) is 33.5 Å². The average Bonchev–Trinajstić information content (AvgIpc) is 1.77. The SMILES string of the molecule is CC1(C)CCC(CN2CCN(c3ccc(C(=O)NS(=O)(=O)c4ccc(NC[C@H]5CC[C@H](N6CCN(Cc7ccc8c(c7)C(=O)N(C7CCC(=O)NC7=O)C8=O)CC6)CC5)c(S(=O)(=O)C(F)(F)F)c4)c(Oc4cnc5[nH]ccc5c4)c3)CC2)=C(c2ccc(Cl)cc2)C1. The van der Waals surface area contributed by atoms with Gasteiger partial charge in [0.25, 0.3) is 37.6 Å². The standard InChI is InChI=1S/C65H70ClF3N10O10S2/c1-64(2)21-19-44(53(35-64)42-6-8-45(66)9-7-42)39-76-25-29-78(30-26-76)47-12-15-51(56(33-47)89-48-32-43-20-22-70-59(43)72-37-48)60(81)74-91(87,88)49-13-16-54(57(34-49)90(85,86)65(67,68)69)71-36-40-3-10-46(11-4-40)77-27-23-75(24-28-77)38-41-5-14-50-52(31-41)63(84)79(62(50)83)55-17-18-58(80)73-61(55)82/h5-9,12-16,20,22,31-34,37,40,46,55,71H,3-4,10-11,17-19,21,23-30,35-36,38-39H2,1-2H3,(H,70,72)(H,74,81)(H,73,80,82)/t40-,46-,55?. The molecule has 4 aliphatic heterocycles. The number of anilines is 2. The van der Waals surface area contributed by atoms with Crippen LogP contribution in [0.4, 0.5) is 24.5 Å². The highest BCUT2D eigenvalue weighted by atomic mass is 35.5. The minimum absolute atomic E-state index is 0.0272. The zero-order valence-electron chi connectivity index (χ0n) is 50.3. The fourth-order valence-electron chi connectivity index (χ4n) is 13.5. The smallest absolute Gasteiger partial charge is 0.455 e. The van der Waals surface area contributed by atoms with Crippen molar-refractivity contribution in [3.05, 3.63) is 142 Å². The van der Waals surface area contributed by atoms with Crippen LogP contribution in [0.3, 0.4) is 0 Å². The molecule has 6 aromatic rings. The van der Waals surface area contributed by atoms with Gasteiger partial charge in [-0.3, -0.25) is 48.9 Å². The molecule has 3 saturated heterocycles. The lowest BCUT2D eigenvalue weighted by molar-refractivity contribution is -0.136. The number of halogens is 4. The van der Waals surface area contributed by atoms with Gasteiger partial charge in [-0.15, -0.1) is 0 Å². The molecule has 1 atom stereocenters. The number of alkyl halides is 3. The Kier molecular flexibility index (Phi) is 17.7. The first-order valence-electron chi connectivity index (χ1n) is 30.6. The maximum absolute atomic E-state index is 14.4. The second kappa shape index (κ2) is 25.4. The molecule has 0 radical (unpaired) electrons. The maximum Gasteiger partial charge on any atom is 0.501 e. The molecule has 6 heterocycles. The fourth-order valence-corrected chi connectivity index (χ4v) is 15.7. The van der Waals surface area contributed by atoms with Crippen LogP contribution < -0.4 is 25.0 Å². The number of amides is 5. The molecule has 12 rings (SSSR count). The number of aromatic nitrogens is 2. The van der Waals surface area contributed by atoms with E-state index in [0.717, 1.165) is 101 Å². The number of aromatic amines is 1. The molecule has 1 saturated carbocycles. The Morgan fingerprint density at radius 2 is 1.49 bits per heavy atom. The van der Waals surface area contributed by atoms with Gasteiger partial charge in [-0.2, -0.15) is 13.2 Å². The minimum atomic E-state index is -6.13. The summed E-state index contributed by atoms with van der Waals surface area (Å²) in [7, 11) is -11.2. The van der Waals surface area contributed by atoms with Crippen molar-refractivity contribution in [3.8, 4) is 11.5 Å². The Morgan fingerprint density at radius 1 is 0.780 bits per heavy atom. The van der Waals surface area contributed by atoms with E-state index in [1.165, 1.54) is 29.0 Å². The number of piperidine rings is 1. The van der Waals surface area contributed by atoms with Gasteiger partial charge in [0.2, 0.25) is 11.8 Å². The van der Waals surface area contributed by atoms with Crippen molar-refractivity contribution in [2.24, 2.45) is 11.3 Å². The number of carbonyl (C=O) groups excluding carboxylic acids is 5. The molecule has 4 aromatic carbocycles. The fraction of sp³-hybridized carbons (Fsp3) is 0.415. The third-order valence-corrected chi connectivity index (χ3v) is 21.8. The number of sulfone groups is 1. The van der Waals surface area contributed by atoms with Crippen LogP contribution >= 0.6 is 11.6 Å². The van der Waals surface area contributed by atoms with Crippen molar-refractivity contribution >= 4 is 89.0 Å². The van der Waals surface area contributed by atoms with Crippen LogP contribution in [0.2, 0.25) is 5.02 Å². The van der Waals surface area contributed by atoms with E-state index < -0.39 is 76.4 Å². The molecule has 5 amide bonds. The zero-order valence-corrected chi connectivity index (χ0v) is 52.7. The van der Waals surface area contributed by atoms with Gasteiger partial charge in [0.15, 0.2) is 0 Å². The Hall–Kier alpha value is -7.68. The summed E-state index contributed by atoms with van der Waals surface area (Å²) >= 11 is 6.26. The van der Waals surface area contributed by atoms with Crippen LogP contribution in [-0.2, 0) is 36.0 Å².